The third-order valence-electron chi connectivity index (χ3n) is 2.43. The van der Waals surface area contributed by atoms with Gasteiger partial charge in [-0.2, -0.15) is 0 Å². The Morgan fingerprint density at radius 2 is 1.65 bits per heavy atom. The van der Waals surface area contributed by atoms with Crippen LogP contribution in [0.4, 0.5) is 0 Å². The third kappa shape index (κ3) is 2.55. The summed E-state index contributed by atoms with van der Waals surface area (Å²) in [6, 6.07) is 2.97. The van der Waals surface area contributed by atoms with E-state index in [0.717, 1.165) is 0 Å². The first-order valence-electron chi connectivity index (χ1n) is 5.41. The summed E-state index contributed by atoms with van der Waals surface area (Å²) < 4.78 is 5.40. The molecule has 0 aliphatic carbocycles. The molecule has 0 spiro atoms. The number of carbonyl (C=O) groups is 2. The molecule has 5 nitrogen and oxygen atoms in total. The zero-order valence-corrected chi connectivity index (χ0v) is 9.95. The summed E-state index contributed by atoms with van der Waals surface area (Å²) >= 11 is 0. The summed E-state index contributed by atoms with van der Waals surface area (Å²) in [6.45, 7) is 4.03. The van der Waals surface area contributed by atoms with Crippen LogP contribution >= 0.6 is 0 Å². The summed E-state index contributed by atoms with van der Waals surface area (Å²) in [7, 11) is 0. The predicted octanol–water partition coefficient (Wildman–Crippen LogP) is 0.846. The molecule has 0 aliphatic rings. The Morgan fingerprint density at radius 3 is 2.06 bits per heavy atom. The van der Waals surface area contributed by atoms with Crippen molar-refractivity contribution in [3.8, 4) is 5.75 Å². The highest BCUT2D eigenvalue weighted by molar-refractivity contribution is 6.00. The van der Waals surface area contributed by atoms with Crippen LogP contribution in [0.25, 0.3) is 0 Å². The highest BCUT2D eigenvalue weighted by atomic mass is 16.5. The first-order chi connectivity index (χ1) is 8.02. The quantitative estimate of drug-likeness (QED) is 0.793. The lowest BCUT2D eigenvalue weighted by Crippen LogP contribution is -2.19. The molecule has 92 valence electrons. The fraction of sp³-hybridized carbons (Fsp3) is 0.333. The lowest BCUT2D eigenvalue weighted by Gasteiger charge is -2.15. The minimum absolute atomic E-state index is 0.272. The van der Waals surface area contributed by atoms with Crippen molar-refractivity contribution in [1.82, 2.24) is 0 Å². The van der Waals surface area contributed by atoms with Crippen molar-refractivity contribution in [3.05, 3.63) is 28.8 Å². The number of benzene rings is 1. The molecule has 0 aliphatic heterocycles. The molecule has 0 bridgehead atoms. The molecule has 0 saturated carbocycles. The topological polar surface area (TPSA) is 95.4 Å². The maximum atomic E-state index is 11.3. The molecule has 1 aromatic carbocycles. The molecular formula is C12H16N2O3. The van der Waals surface area contributed by atoms with E-state index in [1.807, 2.05) is 6.92 Å². The van der Waals surface area contributed by atoms with Crippen molar-refractivity contribution in [2.45, 2.75) is 20.3 Å². The highest BCUT2D eigenvalue weighted by Crippen LogP contribution is 2.28. The Morgan fingerprint density at radius 1 is 1.12 bits per heavy atom. The van der Waals surface area contributed by atoms with Crippen LogP contribution in [0.15, 0.2) is 12.1 Å². The van der Waals surface area contributed by atoms with E-state index in [2.05, 4.69) is 0 Å². The van der Waals surface area contributed by atoms with Gasteiger partial charge < -0.3 is 16.2 Å². The molecule has 5 heteroatoms. The molecule has 0 saturated heterocycles. The van der Waals surface area contributed by atoms with Gasteiger partial charge in [0.25, 0.3) is 5.91 Å². The lowest BCUT2D eigenvalue weighted by molar-refractivity contribution is 0.0984. The number of rotatable bonds is 5. The summed E-state index contributed by atoms with van der Waals surface area (Å²) in [5, 5.41) is 0. The number of carbonyl (C=O) groups excluding carboxylic acids is 2. The first-order valence-corrected chi connectivity index (χ1v) is 5.41. The monoisotopic (exact) mass is 236 g/mol. The van der Waals surface area contributed by atoms with Crippen molar-refractivity contribution < 1.29 is 14.3 Å². The third-order valence-corrected chi connectivity index (χ3v) is 2.43. The number of amides is 2. The van der Waals surface area contributed by atoms with Gasteiger partial charge >= 0.3 is 0 Å². The van der Waals surface area contributed by atoms with E-state index < -0.39 is 11.8 Å². The molecule has 0 aromatic heterocycles. The number of hydrogen-bond acceptors (Lipinski definition) is 3. The fourth-order valence-electron chi connectivity index (χ4n) is 1.71. The molecule has 0 unspecified atom stereocenters. The van der Waals surface area contributed by atoms with E-state index in [9.17, 15) is 9.59 Å². The van der Waals surface area contributed by atoms with Gasteiger partial charge in [0, 0.05) is 11.1 Å². The normalized spacial score (nSPS) is 10.0. The second-order valence-corrected chi connectivity index (χ2v) is 3.48. The summed E-state index contributed by atoms with van der Waals surface area (Å²) in [5.41, 5.74) is 11.8. The van der Waals surface area contributed by atoms with Crippen molar-refractivity contribution in [1.29, 1.82) is 0 Å². The van der Waals surface area contributed by atoms with Crippen LogP contribution in [0.3, 0.4) is 0 Å². The van der Waals surface area contributed by atoms with Crippen LogP contribution in [0, 0.1) is 0 Å². The summed E-state index contributed by atoms with van der Waals surface area (Å²) in [4.78, 5) is 22.5. The molecule has 17 heavy (non-hydrogen) atoms. The van der Waals surface area contributed by atoms with Crippen LogP contribution in [-0.2, 0) is 6.42 Å². The minimum Gasteiger partial charge on any atom is -0.493 e. The molecule has 0 atom stereocenters. The zero-order valence-electron chi connectivity index (χ0n) is 9.95. The van der Waals surface area contributed by atoms with Gasteiger partial charge in [0.2, 0.25) is 5.91 Å². The van der Waals surface area contributed by atoms with Gasteiger partial charge in [0.1, 0.15) is 5.75 Å². The number of nitrogens with two attached hydrogens (primary N) is 2. The predicted molar refractivity (Wildman–Crippen MR) is 64.0 cm³/mol. The SMILES string of the molecule is CCOc1c(C(N)=O)ccc(C(N)=O)c1CC. The standard InChI is InChI=1S/C12H16N2O3/c1-3-7-8(11(13)15)5-6-9(12(14)16)10(7)17-4-2/h5-6H,3-4H2,1-2H3,(H2,13,15)(H2,14,16). The second kappa shape index (κ2) is 5.34. The number of primary amides is 2. The van der Waals surface area contributed by atoms with Gasteiger partial charge in [-0.3, -0.25) is 9.59 Å². The minimum atomic E-state index is -0.584. The van der Waals surface area contributed by atoms with E-state index in [0.29, 0.717) is 29.9 Å². The number of ether oxygens (including phenoxy) is 1. The van der Waals surface area contributed by atoms with Crippen molar-refractivity contribution in [2.75, 3.05) is 6.61 Å². The van der Waals surface area contributed by atoms with Crippen molar-refractivity contribution >= 4 is 11.8 Å². The Kier molecular flexibility index (Phi) is 4.09. The van der Waals surface area contributed by atoms with Gasteiger partial charge in [-0.05, 0) is 25.5 Å². The van der Waals surface area contributed by atoms with Crippen LogP contribution in [0.5, 0.6) is 5.75 Å². The largest absolute Gasteiger partial charge is 0.493 e. The molecule has 0 radical (unpaired) electrons. The van der Waals surface area contributed by atoms with E-state index >= 15 is 0 Å². The average Bonchev–Trinajstić information content (AvgIpc) is 2.28. The first kappa shape index (κ1) is 13.0. The molecule has 0 heterocycles. The lowest BCUT2D eigenvalue weighted by atomic mass is 9.99. The molecule has 0 fully saturated rings. The summed E-state index contributed by atoms with van der Waals surface area (Å²) in [6.07, 6.45) is 0.536. The Labute approximate surface area is 99.7 Å². The highest BCUT2D eigenvalue weighted by Gasteiger charge is 2.18. The molecule has 4 N–H and O–H groups in total. The molecular weight excluding hydrogens is 220 g/mol. The van der Waals surface area contributed by atoms with Gasteiger partial charge in [0.05, 0.1) is 12.2 Å². The average molecular weight is 236 g/mol. The van der Waals surface area contributed by atoms with E-state index in [1.165, 1.54) is 12.1 Å². The van der Waals surface area contributed by atoms with E-state index in [4.69, 9.17) is 16.2 Å². The zero-order chi connectivity index (χ0) is 13.0. The van der Waals surface area contributed by atoms with Gasteiger partial charge in [-0.15, -0.1) is 0 Å². The van der Waals surface area contributed by atoms with E-state index in [1.54, 1.807) is 6.92 Å². The van der Waals surface area contributed by atoms with Gasteiger partial charge in [-0.1, -0.05) is 6.92 Å². The maximum Gasteiger partial charge on any atom is 0.252 e. The van der Waals surface area contributed by atoms with Crippen LogP contribution < -0.4 is 16.2 Å². The number of hydrogen-bond donors (Lipinski definition) is 2. The van der Waals surface area contributed by atoms with Gasteiger partial charge in [-0.25, -0.2) is 0 Å². The van der Waals surface area contributed by atoms with Crippen LogP contribution in [-0.4, -0.2) is 18.4 Å². The molecule has 2 amide bonds. The van der Waals surface area contributed by atoms with Crippen LogP contribution in [0.2, 0.25) is 0 Å². The molecule has 1 rings (SSSR count). The van der Waals surface area contributed by atoms with Crippen molar-refractivity contribution in [3.63, 3.8) is 0 Å². The maximum absolute atomic E-state index is 11.3. The Bertz CT molecular complexity index is 455. The van der Waals surface area contributed by atoms with Crippen LogP contribution in [0.1, 0.15) is 40.1 Å². The fourth-order valence-corrected chi connectivity index (χ4v) is 1.71. The Hall–Kier alpha value is -2.04. The van der Waals surface area contributed by atoms with Gasteiger partial charge in [0.15, 0.2) is 0 Å². The molecule has 1 aromatic rings. The van der Waals surface area contributed by atoms with Crippen molar-refractivity contribution in [2.24, 2.45) is 11.5 Å². The van der Waals surface area contributed by atoms with E-state index in [-0.39, 0.29) is 5.56 Å². The Balaban J connectivity index is 3.49. The second-order valence-electron chi connectivity index (χ2n) is 3.48. The summed E-state index contributed by atoms with van der Waals surface area (Å²) in [5.74, 6) is -0.767. The smallest absolute Gasteiger partial charge is 0.252 e.